The molecule has 0 aliphatic carbocycles. The Morgan fingerprint density at radius 2 is 2.25 bits per heavy atom. The number of nitrogens with zero attached hydrogens (tertiary/aromatic N) is 3. The number of aromatic nitrogens is 1. The predicted molar refractivity (Wildman–Crippen MR) is 64.5 cm³/mol. The summed E-state index contributed by atoms with van der Waals surface area (Å²) in [4.78, 5) is 9.07. The lowest BCUT2D eigenvalue weighted by Crippen LogP contribution is -2.50. The van der Waals surface area contributed by atoms with Gasteiger partial charge in [-0.1, -0.05) is 6.07 Å². The molecular formula is C12H19N3O. The van der Waals surface area contributed by atoms with E-state index in [-0.39, 0.29) is 6.61 Å². The largest absolute Gasteiger partial charge is 0.390 e. The van der Waals surface area contributed by atoms with E-state index < -0.39 is 0 Å². The molecule has 0 bridgehead atoms. The molecule has 1 atom stereocenters. The molecule has 1 fully saturated rings. The number of hydrogen-bond donors (Lipinski definition) is 1. The van der Waals surface area contributed by atoms with Gasteiger partial charge in [0.2, 0.25) is 0 Å². The fourth-order valence-electron chi connectivity index (χ4n) is 1.99. The highest BCUT2D eigenvalue weighted by Gasteiger charge is 2.21. The van der Waals surface area contributed by atoms with Gasteiger partial charge in [0.05, 0.1) is 12.3 Å². The summed E-state index contributed by atoms with van der Waals surface area (Å²) in [5.74, 6) is 0.978. The first-order valence-electron chi connectivity index (χ1n) is 5.72. The molecule has 0 aromatic carbocycles. The van der Waals surface area contributed by atoms with Crippen molar-refractivity contribution < 1.29 is 5.11 Å². The van der Waals surface area contributed by atoms with Crippen LogP contribution >= 0.6 is 0 Å². The van der Waals surface area contributed by atoms with Gasteiger partial charge < -0.3 is 14.9 Å². The van der Waals surface area contributed by atoms with Crippen molar-refractivity contribution in [3.63, 3.8) is 0 Å². The normalized spacial score (nSPS) is 22.4. The molecule has 2 rings (SSSR count). The summed E-state index contributed by atoms with van der Waals surface area (Å²) in [6.07, 6.45) is 0. The van der Waals surface area contributed by atoms with Gasteiger partial charge in [0, 0.05) is 25.7 Å². The highest BCUT2D eigenvalue weighted by atomic mass is 16.3. The molecule has 1 unspecified atom stereocenters. The lowest BCUT2D eigenvalue weighted by atomic mass is 10.2. The van der Waals surface area contributed by atoms with Crippen molar-refractivity contribution in [1.29, 1.82) is 0 Å². The van der Waals surface area contributed by atoms with Gasteiger partial charge in [-0.3, -0.25) is 0 Å². The Bertz CT molecular complexity index is 356. The second-order valence-electron chi connectivity index (χ2n) is 4.42. The summed E-state index contributed by atoms with van der Waals surface area (Å²) in [6.45, 7) is 5.30. The number of likely N-dealkylation sites (N-methyl/N-ethyl adjacent to an activating group) is 1. The Morgan fingerprint density at radius 1 is 1.44 bits per heavy atom. The zero-order valence-electron chi connectivity index (χ0n) is 9.93. The minimum Gasteiger partial charge on any atom is -0.390 e. The molecule has 4 nitrogen and oxygen atoms in total. The van der Waals surface area contributed by atoms with Gasteiger partial charge in [0.25, 0.3) is 0 Å². The first kappa shape index (κ1) is 11.4. The van der Waals surface area contributed by atoms with E-state index in [0.717, 1.165) is 31.1 Å². The van der Waals surface area contributed by atoms with Gasteiger partial charge in [0.15, 0.2) is 0 Å². The van der Waals surface area contributed by atoms with Crippen molar-refractivity contribution in [1.82, 2.24) is 9.88 Å². The smallest absolute Gasteiger partial charge is 0.129 e. The van der Waals surface area contributed by atoms with E-state index in [1.165, 1.54) is 0 Å². The fourth-order valence-corrected chi connectivity index (χ4v) is 1.99. The van der Waals surface area contributed by atoms with E-state index in [1.807, 2.05) is 18.2 Å². The minimum absolute atomic E-state index is 0.0110. The van der Waals surface area contributed by atoms with Crippen molar-refractivity contribution in [2.45, 2.75) is 19.6 Å². The molecule has 2 heterocycles. The molecule has 16 heavy (non-hydrogen) atoms. The molecule has 1 aliphatic heterocycles. The Kier molecular flexibility index (Phi) is 3.41. The number of rotatable bonds is 2. The van der Waals surface area contributed by atoms with Crippen molar-refractivity contribution in [3.8, 4) is 0 Å². The van der Waals surface area contributed by atoms with E-state index in [0.29, 0.717) is 6.04 Å². The Hall–Kier alpha value is -1.13. The summed E-state index contributed by atoms with van der Waals surface area (Å²) < 4.78 is 0. The third kappa shape index (κ3) is 2.33. The molecule has 88 valence electrons. The van der Waals surface area contributed by atoms with Gasteiger partial charge in [0.1, 0.15) is 5.82 Å². The quantitative estimate of drug-likeness (QED) is 0.798. The number of piperazine rings is 1. The second kappa shape index (κ2) is 4.80. The average Bonchev–Trinajstić information content (AvgIpc) is 2.33. The van der Waals surface area contributed by atoms with Gasteiger partial charge >= 0.3 is 0 Å². The van der Waals surface area contributed by atoms with Crippen LogP contribution < -0.4 is 4.90 Å². The predicted octanol–water partition coefficient (Wildman–Crippen LogP) is 0.714. The zero-order valence-corrected chi connectivity index (χ0v) is 9.93. The maximum Gasteiger partial charge on any atom is 0.129 e. The maximum absolute atomic E-state index is 9.07. The van der Waals surface area contributed by atoms with E-state index in [4.69, 9.17) is 5.11 Å². The monoisotopic (exact) mass is 221 g/mol. The number of pyridine rings is 1. The standard InChI is InChI=1S/C12H19N3O/c1-10-8-15(7-6-14(10)2)12-5-3-4-11(9-16)13-12/h3-5,10,16H,6-9H2,1-2H3. The van der Waals surface area contributed by atoms with E-state index in [9.17, 15) is 0 Å². The highest BCUT2D eigenvalue weighted by molar-refractivity contribution is 5.40. The molecule has 1 aromatic rings. The molecule has 1 aromatic heterocycles. The zero-order chi connectivity index (χ0) is 11.5. The summed E-state index contributed by atoms with van der Waals surface area (Å²) in [5, 5.41) is 9.07. The van der Waals surface area contributed by atoms with Crippen LogP contribution in [-0.4, -0.2) is 47.7 Å². The maximum atomic E-state index is 9.07. The van der Waals surface area contributed by atoms with Crippen LogP contribution in [0.1, 0.15) is 12.6 Å². The molecule has 1 aliphatic rings. The Balaban J connectivity index is 2.12. The lowest BCUT2D eigenvalue weighted by molar-refractivity contribution is 0.233. The van der Waals surface area contributed by atoms with Crippen LogP contribution in [0.5, 0.6) is 0 Å². The Labute approximate surface area is 96.5 Å². The molecule has 4 heteroatoms. The van der Waals surface area contributed by atoms with Crippen molar-refractivity contribution in [3.05, 3.63) is 23.9 Å². The number of aliphatic hydroxyl groups is 1. The summed E-state index contributed by atoms with van der Waals surface area (Å²) >= 11 is 0. The van der Waals surface area contributed by atoms with Crippen molar-refractivity contribution >= 4 is 5.82 Å². The van der Waals surface area contributed by atoms with Crippen molar-refractivity contribution in [2.75, 3.05) is 31.6 Å². The molecular weight excluding hydrogens is 202 g/mol. The number of anilines is 1. The van der Waals surface area contributed by atoms with Gasteiger partial charge in [-0.05, 0) is 26.1 Å². The molecule has 0 spiro atoms. The number of aliphatic hydroxyl groups excluding tert-OH is 1. The van der Waals surface area contributed by atoms with Crippen molar-refractivity contribution in [2.24, 2.45) is 0 Å². The van der Waals surface area contributed by atoms with Crippen LogP contribution in [0.3, 0.4) is 0 Å². The molecule has 0 amide bonds. The van der Waals surface area contributed by atoms with E-state index in [1.54, 1.807) is 0 Å². The Morgan fingerprint density at radius 3 is 2.94 bits per heavy atom. The highest BCUT2D eigenvalue weighted by Crippen LogP contribution is 2.16. The topological polar surface area (TPSA) is 39.6 Å². The first-order chi connectivity index (χ1) is 7.70. The third-order valence-electron chi connectivity index (χ3n) is 3.24. The average molecular weight is 221 g/mol. The summed E-state index contributed by atoms with van der Waals surface area (Å²) in [6, 6.07) is 6.37. The second-order valence-corrected chi connectivity index (χ2v) is 4.42. The van der Waals surface area contributed by atoms with E-state index in [2.05, 4.69) is 28.8 Å². The van der Waals surface area contributed by atoms with E-state index >= 15 is 0 Å². The van der Waals surface area contributed by atoms with Gasteiger partial charge in [-0.2, -0.15) is 0 Å². The summed E-state index contributed by atoms with van der Waals surface area (Å²) in [7, 11) is 2.15. The molecule has 0 radical (unpaired) electrons. The van der Waals surface area contributed by atoms with Crippen LogP contribution in [0, 0.1) is 0 Å². The lowest BCUT2D eigenvalue weighted by Gasteiger charge is -2.38. The fraction of sp³-hybridized carbons (Fsp3) is 0.583. The van der Waals surface area contributed by atoms with Crippen LogP contribution in [0.4, 0.5) is 5.82 Å². The molecule has 1 saturated heterocycles. The SMILES string of the molecule is CC1CN(c2cccc(CO)n2)CCN1C. The van der Waals surface area contributed by atoms with Crippen LogP contribution in [0.15, 0.2) is 18.2 Å². The third-order valence-corrected chi connectivity index (χ3v) is 3.24. The van der Waals surface area contributed by atoms with Crippen LogP contribution in [0.2, 0.25) is 0 Å². The van der Waals surface area contributed by atoms with Crippen LogP contribution in [-0.2, 0) is 6.61 Å². The number of hydrogen-bond acceptors (Lipinski definition) is 4. The first-order valence-corrected chi connectivity index (χ1v) is 5.72. The van der Waals surface area contributed by atoms with Gasteiger partial charge in [-0.25, -0.2) is 4.98 Å². The molecule has 0 saturated carbocycles. The summed E-state index contributed by atoms with van der Waals surface area (Å²) in [5.41, 5.74) is 0.740. The minimum atomic E-state index is 0.0110. The molecule has 1 N–H and O–H groups in total. The van der Waals surface area contributed by atoms with Crippen LogP contribution in [0.25, 0.3) is 0 Å². The van der Waals surface area contributed by atoms with Gasteiger partial charge in [-0.15, -0.1) is 0 Å².